The van der Waals surface area contributed by atoms with Crippen LogP contribution in [-0.4, -0.2) is 44.8 Å². The van der Waals surface area contributed by atoms with Gasteiger partial charge in [-0.1, -0.05) is 30.3 Å². The van der Waals surface area contributed by atoms with E-state index in [1.807, 2.05) is 0 Å². The molecule has 9 nitrogen and oxygen atoms in total. The number of ether oxygens (including phenoxy) is 2. The highest BCUT2D eigenvalue weighted by Gasteiger charge is 2.61. The summed E-state index contributed by atoms with van der Waals surface area (Å²) in [4.78, 5) is 16.2. The first-order valence-corrected chi connectivity index (χ1v) is 13.2. The Bertz CT molecular complexity index is 1360. The number of aliphatic hydroxyl groups excluding tert-OH is 1. The Morgan fingerprint density at radius 2 is 1.71 bits per heavy atom. The van der Waals surface area contributed by atoms with Gasteiger partial charge in [-0.15, -0.1) is 10.2 Å². The molecular weight excluding hydrogens is 642 g/mol. The lowest BCUT2D eigenvalue weighted by atomic mass is 9.95. The highest BCUT2D eigenvalue weighted by Crippen LogP contribution is 2.47. The number of aromatic nitrogens is 3. The van der Waals surface area contributed by atoms with Crippen molar-refractivity contribution in [1.29, 1.82) is 0 Å². The normalized spacial score (nSPS) is 14.0. The third-order valence-corrected chi connectivity index (χ3v) is 6.22. The number of benzene rings is 1. The fourth-order valence-corrected chi connectivity index (χ4v) is 4.21. The lowest BCUT2D eigenvalue weighted by Crippen LogP contribution is -2.45. The van der Waals surface area contributed by atoms with Crippen molar-refractivity contribution in [3.8, 4) is 11.6 Å². The molecule has 42 heavy (non-hydrogen) atoms. The standard InChI is InChI=1S/C26H27BrF6N4O5/c1-23(2,3)42-22(39)34-17-13-16(25(28,29)30)19(27)35-18(17)20-36-37-21(41-20)24(26(31,32)33,11-7-8-12-38)40-14-15-9-5-4-6-10-15/h4-6,9-10,13,38H,7-8,11-12,14H2,1-3H3,(H,34,39). The summed E-state index contributed by atoms with van der Waals surface area (Å²) in [7, 11) is 0. The number of nitrogens with zero attached hydrogens (tertiary/aromatic N) is 3. The summed E-state index contributed by atoms with van der Waals surface area (Å²) >= 11 is 2.71. The van der Waals surface area contributed by atoms with E-state index in [2.05, 4.69) is 36.4 Å². The highest BCUT2D eigenvalue weighted by molar-refractivity contribution is 9.10. The van der Waals surface area contributed by atoms with E-state index in [1.165, 1.54) is 20.8 Å². The molecule has 2 aromatic heterocycles. The molecule has 16 heteroatoms. The average molecular weight is 669 g/mol. The number of alkyl halides is 6. The van der Waals surface area contributed by atoms with Gasteiger partial charge < -0.3 is 19.0 Å². The quantitative estimate of drug-likeness (QED) is 0.130. The van der Waals surface area contributed by atoms with Crippen LogP contribution in [0.15, 0.2) is 45.4 Å². The molecule has 0 saturated heterocycles. The second-order valence-electron chi connectivity index (χ2n) is 10.0. The van der Waals surface area contributed by atoms with Gasteiger partial charge in [0.25, 0.3) is 11.8 Å². The summed E-state index contributed by atoms with van der Waals surface area (Å²) in [5.74, 6) is -1.77. The number of carbonyl (C=O) groups is 1. The summed E-state index contributed by atoms with van der Waals surface area (Å²) in [5.41, 5.74) is -6.24. The molecule has 230 valence electrons. The molecule has 0 radical (unpaired) electrons. The molecule has 2 N–H and O–H groups in total. The number of carbonyl (C=O) groups excluding carboxylic acids is 1. The van der Waals surface area contributed by atoms with Crippen molar-refractivity contribution in [2.24, 2.45) is 0 Å². The number of amides is 1. The fourth-order valence-electron chi connectivity index (χ4n) is 3.70. The van der Waals surface area contributed by atoms with Gasteiger partial charge in [0.05, 0.1) is 17.9 Å². The SMILES string of the molecule is CC(C)(C)OC(=O)Nc1cc(C(F)(F)F)c(Br)nc1-c1nnc(C(CCCCO)(OCc2ccccc2)C(F)(F)F)o1. The minimum Gasteiger partial charge on any atom is -0.444 e. The molecule has 0 fully saturated rings. The van der Waals surface area contributed by atoms with Gasteiger partial charge in [-0.3, -0.25) is 5.32 Å². The molecule has 0 bridgehead atoms. The Hall–Kier alpha value is -3.24. The first-order chi connectivity index (χ1) is 19.5. The van der Waals surface area contributed by atoms with Gasteiger partial charge in [-0.2, -0.15) is 26.3 Å². The van der Waals surface area contributed by atoms with Crippen LogP contribution in [0.5, 0.6) is 0 Å². The van der Waals surface area contributed by atoms with Gasteiger partial charge in [0.15, 0.2) is 5.69 Å². The van der Waals surface area contributed by atoms with Crippen LogP contribution < -0.4 is 5.32 Å². The van der Waals surface area contributed by atoms with E-state index in [1.54, 1.807) is 30.3 Å². The fraction of sp³-hybridized carbons (Fsp3) is 0.462. The Morgan fingerprint density at radius 1 is 1.05 bits per heavy atom. The summed E-state index contributed by atoms with van der Waals surface area (Å²) < 4.78 is 100. The number of hydrogen-bond donors (Lipinski definition) is 2. The van der Waals surface area contributed by atoms with Crippen LogP contribution in [0, 0.1) is 0 Å². The minimum atomic E-state index is -5.10. The zero-order chi connectivity index (χ0) is 31.3. The van der Waals surface area contributed by atoms with E-state index >= 15 is 0 Å². The van der Waals surface area contributed by atoms with Crippen molar-refractivity contribution in [3.05, 3.63) is 58.0 Å². The largest absolute Gasteiger partial charge is 0.444 e. The van der Waals surface area contributed by atoms with Crippen molar-refractivity contribution in [3.63, 3.8) is 0 Å². The van der Waals surface area contributed by atoms with Gasteiger partial charge in [-0.05, 0) is 67.6 Å². The molecular formula is C26H27BrF6N4O5. The smallest absolute Gasteiger partial charge is 0.426 e. The van der Waals surface area contributed by atoms with E-state index in [9.17, 15) is 31.1 Å². The van der Waals surface area contributed by atoms with Crippen molar-refractivity contribution >= 4 is 27.7 Å². The number of halogens is 7. The van der Waals surface area contributed by atoms with Crippen molar-refractivity contribution in [1.82, 2.24) is 15.2 Å². The van der Waals surface area contributed by atoms with Crippen LogP contribution in [-0.2, 0) is 27.9 Å². The minimum absolute atomic E-state index is 0.00485. The van der Waals surface area contributed by atoms with E-state index < -0.39 is 76.0 Å². The molecule has 1 aromatic carbocycles. The maximum Gasteiger partial charge on any atom is 0.426 e. The maximum absolute atomic E-state index is 14.7. The van der Waals surface area contributed by atoms with Crippen LogP contribution >= 0.6 is 15.9 Å². The molecule has 0 aliphatic heterocycles. The van der Waals surface area contributed by atoms with Gasteiger partial charge in [0, 0.05) is 6.61 Å². The second-order valence-corrected chi connectivity index (χ2v) is 10.8. The molecule has 1 amide bonds. The zero-order valence-electron chi connectivity index (χ0n) is 22.6. The average Bonchev–Trinajstić information content (AvgIpc) is 3.35. The van der Waals surface area contributed by atoms with Gasteiger partial charge in [-0.25, -0.2) is 9.78 Å². The van der Waals surface area contributed by atoms with Crippen LogP contribution in [0.1, 0.15) is 57.1 Å². The number of nitrogens with one attached hydrogen (secondary N) is 1. The topological polar surface area (TPSA) is 120 Å². The Morgan fingerprint density at radius 3 is 2.29 bits per heavy atom. The predicted molar refractivity (Wildman–Crippen MR) is 140 cm³/mol. The first kappa shape index (κ1) is 33.3. The monoisotopic (exact) mass is 668 g/mol. The summed E-state index contributed by atoms with van der Waals surface area (Å²) in [6, 6.07) is 8.49. The molecule has 1 atom stereocenters. The van der Waals surface area contributed by atoms with E-state index in [4.69, 9.17) is 19.0 Å². The molecule has 0 saturated carbocycles. The summed E-state index contributed by atoms with van der Waals surface area (Å²) in [5, 5.41) is 18.5. The second kappa shape index (κ2) is 13.0. The molecule has 1 unspecified atom stereocenters. The number of pyridine rings is 1. The molecule has 2 heterocycles. The van der Waals surface area contributed by atoms with Crippen LogP contribution in [0.3, 0.4) is 0 Å². The predicted octanol–water partition coefficient (Wildman–Crippen LogP) is 7.40. The summed E-state index contributed by atoms with van der Waals surface area (Å²) in [6.45, 7) is 3.66. The maximum atomic E-state index is 14.7. The third-order valence-electron chi connectivity index (χ3n) is 5.61. The van der Waals surface area contributed by atoms with E-state index in [0.29, 0.717) is 11.6 Å². The molecule has 3 aromatic rings. The number of anilines is 1. The Kier molecular flexibility index (Phi) is 10.3. The van der Waals surface area contributed by atoms with Crippen LogP contribution in [0.25, 0.3) is 11.6 Å². The molecule has 0 aliphatic rings. The number of aliphatic hydroxyl groups is 1. The molecule has 0 aliphatic carbocycles. The number of unbranched alkanes of at least 4 members (excludes halogenated alkanes) is 1. The van der Waals surface area contributed by atoms with Gasteiger partial charge >= 0.3 is 18.4 Å². The van der Waals surface area contributed by atoms with E-state index in [0.717, 1.165) is 0 Å². The number of rotatable bonds is 10. The Balaban J connectivity index is 2.13. The van der Waals surface area contributed by atoms with Crippen molar-refractivity contribution in [2.45, 2.75) is 70.2 Å². The molecule has 3 rings (SSSR count). The Labute approximate surface area is 244 Å². The van der Waals surface area contributed by atoms with Crippen molar-refractivity contribution < 1.29 is 50.1 Å². The first-order valence-electron chi connectivity index (χ1n) is 12.4. The van der Waals surface area contributed by atoms with Crippen LogP contribution in [0.2, 0.25) is 0 Å². The number of hydrogen-bond acceptors (Lipinski definition) is 8. The van der Waals surface area contributed by atoms with Crippen molar-refractivity contribution in [2.75, 3.05) is 11.9 Å². The third kappa shape index (κ3) is 8.19. The highest BCUT2D eigenvalue weighted by atomic mass is 79.9. The summed E-state index contributed by atoms with van der Waals surface area (Å²) in [6.07, 6.45) is -12.1. The van der Waals surface area contributed by atoms with Crippen LogP contribution in [0.4, 0.5) is 36.8 Å². The van der Waals surface area contributed by atoms with E-state index in [-0.39, 0.29) is 19.4 Å². The van der Waals surface area contributed by atoms with Gasteiger partial charge in [0.1, 0.15) is 10.2 Å². The lowest BCUT2D eigenvalue weighted by Gasteiger charge is -2.32. The van der Waals surface area contributed by atoms with Gasteiger partial charge in [0.2, 0.25) is 5.60 Å². The zero-order valence-corrected chi connectivity index (χ0v) is 24.2. The molecule has 0 spiro atoms. The lowest BCUT2D eigenvalue weighted by molar-refractivity contribution is -0.300.